The Labute approximate surface area is 165 Å². The summed E-state index contributed by atoms with van der Waals surface area (Å²) in [5.74, 6) is 1.20. The summed E-state index contributed by atoms with van der Waals surface area (Å²) in [6.45, 7) is 6.32. The maximum absolute atomic E-state index is 13.0. The third-order valence-corrected chi connectivity index (χ3v) is 6.77. The maximum atomic E-state index is 13.0. The van der Waals surface area contributed by atoms with Crippen LogP contribution in [0.2, 0.25) is 0 Å². The second-order valence-corrected chi connectivity index (χ2v) is 9.24. The van der Waals surface area contributed by atoms with Crippen LogP contribution in [0.5, 0.6) is 0 Å². The first-order valence-electron chi connectivity index (χ1n) is 9.49. The van der Waals surface area contributed by atoms with Gasteiger partial charge in [0, 0.05) is 61.3 Å². The maximum Gasteiger partial charge on any atom is 0.267 e. The van der Waals surface area contributed by atoms with Gasteiger partial charge in [-0.3, -0.25) is 4.90 Å². The van der Waals surface area contributed by atoms with Gasteiger partial charge in [-0.25, -0.2) is 22.4 Å². The predicted octanol–water partition coefficient (Wildman–Crippen LogP) is 3.20. The quantitative estimate of drug-likeness (QED) is 0.662. The van der Waals surface area contributed by atoms with Gasteiger partial charge in [-0.15, -0.1) is 0 Å². The smallest absolute Gasteiger partial charge is 0.267 e. The molecule has 0 radical (unpaired) electrons. The molecule has 6 nitrogen and oxygen atoms in total. The van der Waals surface area contributed by atoms with Gasteiger partial charge in [0.2, 0.25) is 0 Å². The van der Waals surface area contributed by atoms with Gasteiger partial charge >= 0.3 is 0 Å². The molecule has 7 heteroatoms. The Morgan fingerprint density at radius 2 is 1.89 bits per heavy atom. The molecule has 3 heterocycles. The average molecular weight is 397 g/mol. The van der Waals surface area contributed by atoms with Crippen LogP contribution in [0.25, 0.3) is 0 Å². The molecule has 0 saturated carbocycles. The van der Waals surface area contributed by atoms with Gasteiger partial charge in [0.05, 0.1) is 4.90 Å². The van der Waals surface area contributed by atoms with Crippen molar-refractivity contribution in [3.8, 4) is 0 Å². The third kappa shape index (κ3) is 3.59. The van der Waals surface area contributed by atoms with Gasteiger partial charge in [-0.2, -0.15) is 0 Å². The summed E-state index contributed by atoms with van der Waals surface area (Å²) in [7, 11) is -3.59. The first-order valence-corrected chi connectivity index (χ1v) is 10.9. The molecule has 0 unspecified atom stereocenters. The summed E-state index contributed by atoms with van der Waals surface area (Å²) in [4.78, 5) is 11.7. The number of benzene rings is 1. The van der Waals surface area contributed by atoms with E-state index in [4.69, 9.17) is 4.98 Å². The highest BCUT2D eigenvalue weighted by Gasteiger charge is 2.23. The Balaban J connectivity index is 1.55. The van der Waals surface area contributed by atoms with Gasteiger partial charge in [-0.1, -0.05) is 32.0 Å². The van der Waals surface area contributed by atoms with E-state index in [0.717, 1.165) is 42.3 Å². The highest BCUT2D eigenvalue weighted by Crippen LogP contribution is 2.22. The van der Waals surface area contributed by atoms with E-state index in [2.05, 4.69) is 23.7 Å². The topological polar surface area (TPSA) is 68.1 Å². The molecule has 0 spiro atoms. The zero-order chi connectivity index (χ0) is 19.7. The van der Waals surface area contributed by atoms with Gasteiger partial charge in [0.1, 0.15) is 5.82 Å². The van der Waals surface area contributed by atoms with Crippen LogP contribution in [0.1, 0.15) is 42.5 Å². The van der Waals surface area contributed by atoms with E-state index in [9.17, 15) is 8.42 Å². The summed E-state index contributed by atoms with van der Waals surface area (Å²) in [6.07, 6.45) is 4.39. The van der Waals surface area contributed by atoms with Crippen molar-refractivity contribution in [2.24, 2.45) is 0 Å². The number of nitrogens with zero attached hydrogens (tertiary/aromatic N) is 4. The van der Waals surface area contributed by atoms with Crippen LogP contribution >= 0.6 is 0 Å². The fourth-order valence-electron chi connectivity index (χ4n) is 3.50. The van der Waals surface area contributed by atoms with E-state index in [-0.39, 0.29) is 0 Å². The van der Waals surface area contributed by atoms with Crippen LogP contribution in [0.15, 0.2) is 59.8 Å². The lowest BCUT2D eigenvalue weighted by Crippen LogP contribution is -2.32. The standard InChI is InChI=1S/C21H24N4O2S/c1-16(2)21-22-13-17-14-24(12-10-20(17)23-21)15-18-7-6-11-25(18)28(26,27)19-8-4-3-5-9-19/h3-9,11,13,16H,10,12,14-15H2,1-2H3. The summed E-state index contributed by atoms with van der Waals surface area (Å²) in [6, 6.07) is 12.2. The van der Waals surface area contributed by atoms with E-state index in [1.807, 2.05) is 18.3 Å². The van der Waals surface area contributed by atoms with Crippen LogP contribution in [-0.2, 0) is 29.5 Å². The lowest BCUT2D eigenvalue weighted by Gasteiger charge is -2.28. The molecule has 1 aliphatic rings. The fourth-order valence-corrected chi connectivity index (χ4v) is 4.88. The minimum absolute atomic E-state index is 0.297. The minimum atomic E-state index is -3.59. The van der Waals surface area contributed by atoms with Gasteiger partial charge < -0.3 is 0 Å². The molecule has 0 saturated heterocycles. The van der Waals surface area contributed by atoms with E-state index in [1.54, 1.807) is 36.5 Å². The zero-order valence-corrected chi connectivity index (χ0v) is 16.9. The summed E-state index contributed by atoms with van der Waals surface area (Å²) >= 11 is 0. The first-order chi connectivity index (χ1) is 13.4. The van der Waals surface area contributed by atoms with Crippen molar-refractivity contribution in [3.63, 3.8) is 0 Å². The Hall–Kier alpha value is -2.51. The number of rotatable bonds is 5. The van der Waals surface area contributed by atoms with Crippen LogP contribution in [-0.4, -0.2) is 33.8 Å². The molecule has 0 aliphatic carbocycles. The molecule has 146 valence electrons. The molecule has 4 rings (SSSR count). The van der Waals surface area contributed by atoms with Crippen LogP contribution < -0.4 is 0 Å². The molecule has 2 aromatic heterocycles. The highest BCUT2D eigenvalue weighted by molar-refractivity contribution is 7.90. The van der Waals surface area contributed by atoms with Crippen molar-refractivity contribution >= 4 is 10.0 Å². The average Bonchev–Trinajstić information content (AvgIpc) is 3.17. The summed E-state index contributed by atoms with van der Waals surface area (Å²) < 4.78 is 27.3. The largest absolute Gasteiger partial charge is 0.293 e. The van der Waals surface area contributed by atoms with E-state index >= 15 is 0 Å². The Kier molecular flexibility index (Phi) is 5.03. The molecular formula is C21H24N4O2S. The third-order valence-electron chi connectivity index (χ3n) is 5.03. The number of aromatic nitrogens is 3. The fraction of sp³-hybridized carbons (Fsp3) is 0.333. The van der Waals surface area contributed by atoms with E-state index in [1.165, 1.54) is 3.97 Å². The second kappa shape index (κ2) is 7.48. The molecule has 1 aromatic carbocycles. The summed E-state index contributed by atoms with van der Waals surface area (Å²) in [5, 5.41) is 0. The first kappa shape index (κ1) is 18.8. The lowest BCUT2D eigenvalue weighted by molar-refractivity contribution is 0.239. The summed E-state index contributed by atoms with van der Waals surface area (Å²) in [5.41, 5.74) is 2.99. The zero-order valence-electron chi connectivity index (χ0n) is 16.1. The molecule has 0 amide bonds. The molecule has 0 bridgehead atoms. The van der Waals surface area contributed by atoms with Crippen molar-refractivity contribution in [1.29, 1.82) is 0 Å². The molecule has 28 heavy (non-hydrogen) atoms. The van der Waals surface area contributed by atoms with Crippen LogP contribution in [0.4, 0.5) is 0 Å². The van der Waals surface area contributed by atoms with Crippen molar-refractivity contribution in [2.45, 2.75) is 44.2 Å². The SMILES string of the molecule is CC(C)c1ncc2c(n1)CCN(Cc1cccn1S(=O)(=O)c1ccccc1)C2. The van der Waals surface area contributed by atoms with Crippen molar-refractivity contribution in [2.75, 3.05) is 6.54 Å². The number of hydrogen-bond donors (Lipinski definition) is 0. The Morgan fingerprint density at radius 1 is 1.11 bits per heavy atom. The molecule has 0 atom stereocenters. The molecule has 0 fully saturated rings. The normalized spacial score (nSPS) is 15.0. The molecule has 1 aliphatic heterocycles. The van der Waals surface area contributed by atoms with Gasteiger partial charge in [0.15, 0.2) is 0 Å². The molecular weight excluding hydrogens is 372 g/mol. The Morgan fingerprint density at radius 3 is 2.64 bits per heavy atom. The Bertz CT molecular complexity index is 1070. The van der Waals surface area contributed by atoms with Crippen LogP contribution in [0.3, 0.4) is 0 Å². The van der Waals surface area contributed by atoms with Gasteiger partial charge in [0.25, 0.3) is 10.0 Å². The van der Waals surface area contributed by atoms with Crippen LogP contribution in [0, 0.1) is 0 Å². The number of fused-ring (bicyclic) bond motifs is 1. The highest BCUT2D eigenvalue weighted by atomic mass is 32.2. The van der Waals surface area contributed by atoms with E-state index in [0.29, 0.717) is 17.4 Å². The van der Waals surface area contributed by atoms with E-state index < -0.39 is 10.0 Å². The van der Waals surface area contributed by atoms with Crippen molar-refractivity contribution in [1.82, 2.24) is 18.8 Å². The molecule has 0 N–H and O–H groups in total. The predicted molar refractivity (Wildman–Crippen MR) is 107 cm³/mol. The molecule has 3 aromatic rings. The monoisotopic (exact) mass is 396 g/mol. The van der Waals surface area contributed by atoms with Crippen molar-refractivity contribution < 1.29 is 8.42 Å². The number of hydrogen-bond acceptors (Lipinski definition) is 5. The lowest BCUT2D eigenvalue weighted by atomic mass is 10.1. The second-order valence-electron chi connectivity index (χ2n) is 7.43. The van der Waals surface area contributed by atoms with Crippen molar-refractivity contribution in [3.05, 3.63) is 77.6 Å². The minimum Gasteiger partial charge on any atom is -0.293 e. The van der Waals surface area contributed by atoms with Gasteiger partial charge in [-0.05, 0) is 24.3 Å².